The van der Waals surface area contributed by atoms with Gasteiger partial charge in [-0.3, -0.25) is 9.59 Å². The van der Waals surface area contributed by atoms with Crippen LogP contribution in [0.3, 0.4) is 0 Å². The van der Waals surface area contributed by atoms with E-state index in [1.807, 2.05) is 0 Å². The van der Waals surface area contributed by atoms with Gasteiger partial charge in [0.2, 0.25) is 0 Å². The van der Waals surface area contributed by atoms with Crippen molar-refractivity contribution in [3.05, 3.63) is 0 Å². The summed E-state index contributed by atoms with van der Waals surface area (Å²) in [5.74, 6) is -5.02. The molecular formula is C10H18O7Zr. The van der Waals surface area contributed by atoms with Crippen LogP contribution in [0.4, 0.5) is 0 Å². The fourth-order valence-corrected chi connectivity index (χ4v) is 2.19. The van der Waals surface area contributed by atoms with Crippen LogP contribution in [0, 0.1) is 0 Å². The number of aliphatic hydroxyl groups is 1. The second kappa shape index (κ2) is 10.2. The van der Waals surface area contributed by atoms with Gasteiger partial charge in [0.25, 0.3) is 0 Å². The van der Waals surface area contributed by atoms with Crippen molar-refractivity contribution in [1.29, 1.82) is 0 Å². The van der Waals surface area contributed by atoms with E-state index in [4.69, 9.17) is 20.4 Å². The van der Waals surface area contributed by atoms with Gasteiger partial charge < -0.3 is 20.4 Å². The summed E-state index contributed by atoms with van der Waals surface area (Å²) in [7, 11) is 0. The summed E-state index contributed by atoms with van der Waals surface area (Å²) < 4.78 is 3.03. The van der Waals surface area contributed by atoms with Crippen LogP contribution >= 0.6 is 0 Å². The molecule has 18 heavy (non-hydrogen) atoms. The average molecular weight is 341 g/mol. The molecule has 0 rings (SSSR count). The number of carboxylic acid groups (broad SMARTS) is 3. The number of aliphatic carboxylic acids is 3. The Kier molecular flexibility index (Phi) is 11.1. The predicted octanol–water partition coefficient (Wildman–Crippen LogP) is 0.697. The second-order valence-electron chi connectivity index (χ2n) is 3.43. The van der Waals surface area contributed by atoms with E-state index < -0.39 is 36.4 Å². The van der Waals surface area contributed by atoms with E-state index in [1.54, 1.807) is 0 Å². The molecule has 0 saturated heterocycles. The molecule has 0 heterocycles. The molecule has 0 aliphatic carbocycles. The van der Waals surface area contributed by atoms with Crippen molar-refractivity contribution in [3.63, 3.8) is 0 Å². The molecule has 0 aliphatic rings. The molecule has 0 aromatic rings. The number of carbonyl (C=O) groups is 3. The first-order chi connectivity index (χ1) is 8.19. The summed E-state index contributed by atoms with van der Waals surface area (Å²) in [6.45, 7) is 4.57. The van der Waals surface area contributed by atoms with Crippen LogP contribution in [0.5, 0.6) is 0 Å². The van der Waals surface area contributed by atoms with Crippen LogP contribution < -0.4 is 0 Å². The zero-order valence-corrected chi connectivity index (χ0v) is 12.8. The number of hydrogen-bond acceptors (Lipinski definition) is 4. The molecule has 7 nitrogen and oxygen atoms in total. The van der Waals surface area contributed by atoms with Crippen LogP contribution in [-0.2, 0) is 37.6 Å². The van der Waals surface area contributed by atoms with Crippen LogP contribution in [-0.4, -0.2) is 43.9 Å². The van der Waals surface area contributed by atoms with Crippen molar-refractivity contribution in [2.24, 2.45) is 0 Å². The van der Waals surface area contributed by atoms with Gasteiger partial charge in [-0.05, 0) is 0 Å². The minimum absolute atomic E-state index is 0.218. The molecule has 0 amide bonds. The molecule has 0 aromatic carbocycles. The van der Waals surface area contributed by atoms with Gasteiger partial charge in [-0.25, -0.2) is 4.79 Å². The van der Waals surface area contributed by atoms with Crippen molar-refractivity contribution in [3.8, 4) is 0 Å². The second-order valence-corrected chi connectivity index (χ2v) is 8.14. The van der Waals surface area contributed by atoms with Gasteiger partial charge in [0.05, 0.1) is 12.8 Å². The first-order valence-corrected chi connectivity index (χ1v) is 8.77. The van der Waals surface area contributed by atoms with E-state index in [-0.39, 0.29) is 23.2 Å². The zero-order valence-electron chi connectivity index (χ0n) is 10.3. The first-order valence-electron chi connectivity index (χ1n) is 5.29. The third kappa shape index (κ3) is 10.4. The summed E-state index contributed by atoms with van der Waals surface area (Å²) in [6.07, 6.45) is -2.29. The van der Waals surface area contributed by atoms with Gasteiger partial charge in [-0.15, -0.1) is 0 Å². The smallest absolute Gasteiger partial charge is 0.336 e. The molecule has 0 saturated carbocycles. The third-order valence-electron chi connectivity index (χ3n) is 1.79. The fraction of sp³-hybridized carbons (Fsp3) is 0.700. The maximum absolute atomic E-state index is 10.3. The third-order valence-corrected chi connectivity index (χ3v) is 4.24. The van der Waals surface area contributed by atoms with Crippen LogP contribution in [0.2, 0.25) is 8.26 Å². The molecule has 8 heteroatoms. The molecule has 0 spiro atoms. The minimum atomic E-state index is -2.74. The standard InChI is InChI=1S/C6H8O7.2C2H5.Zr/c7-3(8)1-6(13,5(11)12)2-4(9)10;2*1-2;/h13H,1-2H2,(H,7,8)(H,9,10)(H,11,12);2*1H2,2H3;. The maximum Gasteiger partial charge on any atom is 0.336 e. The summed E-state index contributed by atoms with van der Waals surface area (Å²) in [6, 6.07) is 0. The predicted molar refractivity (Wildman–Crippen MR) is 58.1 cm³/mol. The maximum atomic E-state index is 10.3. The Morgan fingerprint density at radius 2 is 1.28 bits per heavy atom. The van der Waals surface area contributed by atoms with Gasteiger partial charge in [0.1, 0.15) is 0 Å². The van der Waals surface area contributed by atoms with E-state index in [1.165, 1.54) is 8.26 Å². The summed E-state index contributed by atoms with van der Waals surface area (Å²) in [5.41, 5.74) is -2.74. The molecule has 0 aliphatic heterocycles. The Morgan fingerprint density at radius 1 is 0.944 bits per heavy atom. The van der Waals surface area contributed by atoms with Gasteiger partial charge in [0.15, 0.2) is 5.60 Å². The topological polar surface area (TPSA) is 132 Å². The van der Waals surface area contributed by atoms with E-state index in [0.29, 0.717) is 0 Å². The SMILES string of the molecule is C[CH2][Zr][CH2]C.O=C(O)CC(O)(CC(=O)O)C(=O)O. The molecule has 0 unspecified atom stereocenters. The summed E-state index contributed by atoms with van der Waals surface area (Å²) in [4.78, 5) is 30.5. The van der Waals surface area contributed by atoms with Gasteiger partial charge >= 0.3 is 63.2 Å². The molecule has 104 valence electrons. The quantitative estimate of drug-likeness (QED) is 0.535. The minimum Gasteiger partial charge on any atom is -0.481 e. The Labute approximate surface area is 116 Å². The Bertz CT molecular complexity index is 272. The Balaban J connectivity index is 0. The average Bonchev–Trinajstić information content (AvgIpc) is 2.16. The first kappa shape index (κ1) is 19.6. The number of hydrogen-bond donors (Lipinski definition) is 4. The molecule has 0 bridgehead atoms. The van der Waals surface area contributed by atoms with Crippen molar-refractivity contribution in [2.45, 2.75) is 40.5 Å². The molecular weight excluding hydrogens is 323 g/mol. The number of rotatable bonds is 7. The van der Waals surface area contributed by atoms with E-state index in [9.17, 15) is 14.4 Å². The van der Waals surface area contributed by atoms with Gasteiger partial charge in [-0.2, -0.15) is 0 Å². The molecule has 0 aromatic heterocycles. The van der Waals surface area contributed by atoms with Crippen LogP contribution in [0.15, 0.2) is 0 Å². The summed E-state index contributed by atoms with van der Waals surface area (Å²) >= 11 is 0.218. The van der Waals surface area contributed by atoms with Gasteiger partial charge in [-0.1, -0.05) is 0 Å². The van der Waals surface area contributed by atoms with E-state index >= 15 is 0 Å². The molecule has 0 atom stereocenters. The summed E-state index contributed by atoms with van der Waals surface area (Å²) in [5, 5.41) is 33.8. The van der Waals surface area contributed by atoms with Crippen LogP contribution in [0.25, 0.3) is 0 Å². The van der Waals surface area contributed by atoms with Crippen molar-refractivity contribution < 1.29 is 58.0 Å². The van der Waals surface area contributed by atoms with Crippen LogP contribution in [0.1, 0.15) is 26.7 Å². The zero-order chi connectivity index (χ0) is 14.8. The molecule has 0 radical (unpaired) electrons. The molecule has 0 fully saturated rings. The van der Waals surface area contributed by atoms with Crippen molar-refractivity contribution in [2.75, 3.05) is 0 Å². The fourth-order valence-electron chi connectivity index (χ4n) is 0.964. The van der Waals surface area contributed by atoms with E-state index in [2.05, 4.69) is 13.8 Å². The normalized spacial score (nSPS) is 9.94. The van der Waals surface area contributed by atoms with Gasteiger partial charge in [0, 0.05) is 0 Å². The van der Waals surface area contributed by atoms with Crippen molar-refractivity contribution in [1.82, 2.24) is 0 Å². The largest absolute Gasteiger partial charge is 0.481 e. The van der Waals surface area contributed by atoms with E-state index in [0.717, 1.165) is 0 Å². The Morgan fingerprint density at radius 3 is 1.39 bits per heavy atom. The Hall–Kier alpha value is -0.747. The molecule has 4 N–H and O–H groups in total. The van der Waals surface area contributed by atoms with Crippen molar-refractivity contribution >= 4 is 17.9 Å². The monoisotopic (exact) mass is 340 g/mol. The number of carboxylic acids is 3.